The van der Waals surface area contributed by atoms with Crippen LogP contribution in [0.3, 0.4) is 0 Å². The number of hydrogen-bond acceptors (Lipinski definition) is 13. The largest absolute Gasteiger partial charge is 0.415 e. The number of aromatic amines is 1. The van der Waals surface area contributed by atoms with Crippen LogP contribution in [0, 0.1) is 6.92 Å². The lowest BCUT2D eigenvalue weighted by Gasteiger charge is -2.34. The topological polar surface area (TPSA) is 218 Å². The Morgan fingerprint density at radius 3 is 2.21 bits per heavy atom. The molecule has 0 bridgehead atoms. The number of nitrogens with zero attached hydrogens (tertiary/aromatic N) is 4. The summed E-state index contributed by atoms with van der Waals surface area (Å²) >= 11 is 7.98. The van der Waals surface area contributed by atoms with Crippen LogP contribution in [0.1, 0.15) is 40.4 Å². The molecule has 0 radical (unpaired) electrons. The van der Waals surface area contributed by atoms with Gasteiger partial charge in [0.05, 0.1) is 69.7 Å². The first kappa shape index (κ1) is 48.0. The van der Waals surface area contributed by atoms with Crippen molar-refractivity contribution < 1.29 is 57.2 Å². The smallest absolute Gasteiger partial charge is 0.409 e. The third-order valence-electron chi connectivity index (χ3n) is 11.3. The van der Waals surface area contributed by atoms with Gasteiger partial charge in [0.25, 0.3) is 17.7 Å². The summed E-state index contributed by atoms with van der Waals surface area (Å²) < 4.78 is 28.9. The maximum Gasteiger partial charge on any atom is 0.415 e. The van der Waals surface area contributed by atoms with Crippen LogP contribution in [0.5, 0.6) is 5.75 Å². The highest BCUT2D eigenvalue weighted by Crippen LogP contribution is 2.49. The van der Waals surface area contributed by atoms with Crippen LogP contribution in [-0.4, -0.2) is 166 Å². The molecule has 0 aliphatic carbocycles. The summed E-state index contributed by atoms with van der Waals surface area (Å²) in [4.78, 5) is 95.8. The van der Waals surface area contributed by atoms with Crippen LogP contribution < -0.4 is 20.3 Å². The molecule has 0 spiro atoms. The van der Waals surface area contributed by atoms with Gasteiger partial charge in [0, 0.05) is 104 Å². The number of fused-ring (bicyclic) bond motifs is 4. The number of thiophene rings is 1. The molecule has 0 saturated carbocycles. The molecule has 3 aliphatic heterocycles. The van der Waals surface area contributed by atoms with E-state index in [0.717, 1.165) is 37.0 Å². The number of rotatable bonds is 23. The number of H-pyrrole nitrogens is 1. The van der Waals surface area contributed by atoms with Gasteiger partial charge in [-0.15, -0.1) is 22.9 Å². The molecule has 1 saturated heterocycles. The van der Waals surface area contributed by atoms with Crippen LogP contribution in [-0.2, 0) is 42.9 Å². The third kappa shape index (κ3) is 11.7. The molecule has 7 amide bonds. The standard InChI is InChI=1S/C45H52ClN7O12S/c1-29-27-66-43-36(24-35-42(41(29)43)31(25-46)26-53(35)44(59)34-23-30-22-32(48-28-54)2-3-33(30)49-34)65-45(60)51-12-10-50(11-13-51)38(56)7-14-61-16-18-63-20-21-64-19-17-62-15-8-47-37(55)6-9-52-39(57)4-5-40(52)58/h2-5,22-24,27-28,31,49H,6-21,25-26H2,1H3,(H,47,55)(H,48,54). The highest BCUT2D eigenvalue weighted by atomic mass is 35.5. The molecule has 19 nitrogen and oxygen atoms in total. The van der Waals surface area contributed by atoms with Gasteiger partial charge < -0.3 is 54.0 Å². The SMILES string of the molecule is Cc1csc2c(OC(=O)N3CCN(C(=O)CCOCCOCCOCCOCCNC(=O)CCN4C(=O)C=CC4=O)CC3)cc3c(c12)C(CCl)CN3C(=O)c1cc2cc(NC=O)ccc2[nH]1. The number of carbonyl (C=O) groups excluding carboxylic acids is 7. The van der Waals surface area contributed by atoms with E-state index >= 15 is 0 Å². The first-order valence-electron chi connectivity index (χ1n) is 21.7. The number of hydrogen-bond donors (Lipinski definition) is 3. The van der Waals surface area contributed by atoms with E-state index in [1.807, 2.05) is 12.3 Å². The average molecular weight is 950 g/mol. The summed E-state index contributed by atoms with van der Waals surface area (Å²) in [5, 5.41) is 8.99. The van der Waals surface area contributed by atoms with Gasteiger partial charge in [-0.25, -0.2) is 4.79 Å². The molecule has 3 N–H and O–H groups in total. The van der Waals surface area contributed by atoms with Crippen molar-refractivity contribution in [3.8, 4) is 5.75 Å². The van der Waals surface area contributed by atoms with E-state index in [-0.39, 0.29) is 56.2 Å². The van der Waals surface area contributed by atoms with Crippen molar-refractivity contribution in [2.45, 2.75) is 25.7 Å². The van der Waals surface area contributed by atoms with Gasteiger partial charge in [0.1, 0.15) is 5.69 Å². The van der Waals surface area contributed by atoms with Crippen molar-refractivity contribution in [1.82, 2.24) is 25.0 Å². The predicted molar refractivity (Wildman–Crippen MR) is 245 cm³/mol. The number of amides is 7. The van der Waals surface area contributed by atoms with Crippen LogP contribution in [0.25, 0.3) is 21.0 Å². The predicted octanol–water partition coefficient (Wildman–Crippen LogP) is 3.77. The van der Waals surface area contributed by atoms with Crippen molar-refractivity contribution >= 4 is 97.3 Å². The summed E-state index contributed by atoms with van der Waals surface area (Å²) in [6.07, 6.45) is 2.63. The Labute approximate surface area is 389 Å². The van der Waals surface area contributed by atoms with Gasteiger partial charge in [0.15, 0.2) is 5.75 Å². The normalized spacial score (nSPS) is 15.9. The second-order valence-corrected chi connectivity index (χ2v) is 16.8. The van der Waals surface area contributed by atoms with Crippen molar-refractivity contribution in [1.29, 1.82) is 0 Å². The first-order chi connectivity index (χ1) is 32.1. The number of piperazine rings is 1. The number of anilines is 2. The Hall–Kier alpha value is -5.90. The maximum atomic E-state index is 14.1. The monoisotopic (exact) mass is 949 g/mol. The van der Waals surface area contributed by atoms with Gasteiger partial charge in [-0.05, 0) is 47.7 Å². The minimum absolute atomic E-state index is 0.0231. The summed E-state index contributed by atoms with van der Waals surface area (Å²) in [7, 11) is 0. The molecule has 3 aliphatic rings. The molecule has 2 aromatic carbocycles. The molecular formula is C45H52ClN7O12S. The summed E-state index contributed by atoms with van der Waals surface area (Å²) in [6, 6.07) is 8.83. The minimum atomic E-state index is -0.542. The Morgan fingerprint density at radius 2 is 1.53 bits per heavy atom. The van der Waals surface area contributed by atoms with E-state index in [9.17, 15) is 33.6 Å². The van der Waals surface area contributed by atoms with Crippen molar-refractivity contribution in [2.75, 3.05) is 115 Å². The Balaban J connectivity index is 0.774. The fourth-order valence-corrected chi connectivity index (χ4v) is 9.21. The Bertz CT molecular complexity index is 2450. The number of halogens is 1. The molecule has 1 unspecified atom stereocenters. The number of aryl methyl sites for hydroxylation is 1. The second kappa shape index (κ2) is 23.0. The van der Waals surface area contributed by atoms with Crippen LogP contribution in [0.2, 0.25) is 0 Å². The Morgan fingerprint density at radius 1 is 0.864 bits per heavy atom. The molecule has 2 aromatic heterocycles. The molecule has 5 heterocycles. The van der Waals surface area contributed by atoms with E-state index in [0.29, 0.717) is 114 Å². The summed E-state index contributed by atoms with van der Waals surface area (Å²) in [5.74, 6) is -0.957. The lowest BCUT2D eigenvalue weighted by molar-refractivity contribution is -0.137. The van der Waals surface area contributed by atoms with E-state index in [1.165, 1.54) is 23.5 Å². The molecule has 1 fully saturated rings. The zero-order valence-corrected chi connectivity index (χ0v) is 38.0. The number of alkyl halides is 1. The van der Waals surface area contributed by atoms with Gasteiger partial charge in [-0.2, -0.15) is 0 Å². The second-order valence-electron chi connectivity index (χ2n) is 15.6. The van der Waals surface area contributed by atoms with E-state index in [2.05, 4.69) is 15.6 Å². The fraction of sp³-hybridized carbons (Fsp3) is 0.444. The van der Waals surface area contributed by atoms with Crippen LogP contribution in [0.15, 0.2) is 47.9 Å². The average Bonchev–Trinajstić information content (AvgIpc) is 4.10. The highest BCUT2D eigenvalue weighted by molar-refractivity contribution is 7.17. The zero-order chi connectivity index (χ0) is 46.6. The zero-order valence-electron chi connectivity index (χ0n) is 36.5. The molecule has 66 heavy (non-hydrogen) atoms. The van der Waals surface area contributed by atoms with Crippen molar-refractivity contribution in [3.05, 3.63) is 64.7 Å². The number of nitrogens with one attached hydrogen (secondary N) is 3. The Kier molecular flexibility index (Phi) is 16.8. The van der Waals surface area contributed by atoms with Gasteiger partial charge in [-0.1, -0.05) is 0 Å². The molecule has 4 aromatic rings. The van der Waals surface area contributed by atoms with Gasteiger partial charge in [-0.3, -0.25) is 33.7 Å². The van der Waals surface area contributed by atoms with Crippen LogP contribution >= 0.6 is 22.9 Å². The third-order valence-corrected chi connectivity index (χ3v) is 12.8. The van der Waals surface area contributed by atoms with E-state index in [4.69, 9.17) is 35.3 Å². The molecule has 21 heteroatoms. The first-order valence-corrected chi connectivity index (χ1v) is 23.1. The van der Waals surface area contributed by atoms with E-state index in [1.54, 1.807) is 45.0 Å². The maximum absolute atomic E-state index is 14.1. The van der Waals surface area contributed by atoms with Crippen molar-refractivity contribution in [2.24, 2.45) is 0 Å². The minimum Gasteiger partial charge on any atom is -0.409 e. The van der Waals surface area contributed by atoms with E-state index < -0.39 is 17.9 Å². The van der Waals surface area contributed by atoms with Gasteiger partial charge in [0.2, 0.25) is 18.2 Å². The number of imide groups is 1. The molecule has 352 valence electrons. The quantitative estimate of drug-likeness (QED) is 0.0419. The van der Waals surface area contributed by atoms with Gasteiger partial charge >= 0.3 is 6.09 Å². The lowest BCUT2D eigenvalue weighted by Crippen LogP contribution is -2.51. The highest BCUT2D eigenvalue weighted by Gasteiger charge is 2.37. The summed E-state index contributed by atoms with van der Waals surface area (Å²) in [5.41, 5.74) is 4.28. The number of ether oxygens (including phenoxy) is 5. The molecule has 7 rings (SSSR count). The fourth-order valence-electron chi connectivity index (χ4n) is 7.94. The number of benzene rings is 2. The molecule has 1 atom stereocenters. The van der Waals surface area contributed by atoms with Crippen molar-refractivity contribution in [3.63, 3.8) is 0 Å². The lowest BCUT2D eigenvalue weighted by atomic mass is 9.97. The molecular weight excluding hydrogens is 898 g/mol. The number of carbonyl (C=O) groups is 7. The van der Waals surface area contributed by atoms with Crippen LogP contribution in [0.4, 0.5) is 16.2 Å². The summed E-state index contributed by atoms with van der Waals surface area (Å²) in [6.45, 7) is 6.51. The number of aromatic nitrogens is 1.